The molecule has 0 saturated heterocycles. The second-order valence-electron chi connectivity index (χ2n) is 4.50. The summed E-state index contributed by atoms with van der Waals surface area (Å²) >= 11 is 0. The van der Waals surface area contributed by atoms with Crippen LogP contribution in [0.15, 0.2) is 47.4 Å². The van der Waals surface area contributed by atoms with E-state index in [2.05, 4.69) is 0 Å². The maximum Gasteiger partial charge on any atom is 0.250 e. The number of rotatable bonds is 2. The third kappa shape index (κ3) is 1.86. The number of nitrogens with two attached hydrogens (primary N) is 1. The van der Waals surface area contributed by atoms with E-state index in [0.717, 1.165) is 11.3 Å². The van der Waals surface area contributed by atoms with Crippen molar-refractivity contribution in [1.29, 1.82) is 0 Å². The maximum absolute atomic E-state index is 11.7. The molecule has 0 saturated carbocycles. The molecule has 1 aromatic carbocycles. The summed E-state index contributed by atoms with van der Waals surface area (Å²) in [7, 11) is 0. The smallest absolute Gasteiger partial charge is 0.250 e. The fraction of sp³-hybridized carbons (Fsp3) is 0.214. The van der Waals surface area contributed by atoms with Gasteiger partial charge in [-0.1, -0.05) is 18.2 Å². The maximum atomic E-state index is 11.7. The summed E-state index contributed by atoms with van der Waals surface area (Å²) < 4.78 is 7.25. The van der Waals surface area contributed by atoms with Crippen molar-refractivity contribution in [3.63, 3.8) is 0 Å². The summed E-state index contributed by atoms with van der Waals surface area (Å²) in [6.07, 6.45) is 1.68. The normalized spacial score (nSPS) is 17.2. The van der Waals surface area contributed by atoms with E-state index >= 15 is 0 Å². The van der Waals surface area contributed by atoms with E-state index in [1.165, 1.54) is 6.07 Å². The first-order chi connectivity index (χ1) is 8.74. The highest BCUT2D eigenvalue weighted by Gasteiger charge is 2.24. The van der Waals surface area contributed by atoms with E-state index in [1.54, 1.807) is 16.8 Å². The van der Waals surface area contributed by atoms with Crippen molar-refractivity contribution in [3.8, 4) is 5.75 Å². The van der Waals surface area contributed by atoms with E-state index < -0.39 is 0 Å². The Hall–Kier alpha value is -2.23. The number of aromatic nitrogens is 1. The minimum atomic E-state index is -0.0337. The second-order valence-corrected chi connectivity index (χ2v) is 4.50. The molecule has 0 radical (unpaired) electrons. The molecule has 2 heterocycles. The quantitative estimate of drug-likeness (QED) is 0.870. The molecule has 1 aromatic heterocycles. The van der Waals surface area contributed by atoms with Crippen LogP contribution in [0.1, 0.15) is 11.5 Å². The van der Waals surface area contributed by atoms with Crippen molar-refractivity contribution in [2.45, 2.75) is 12.5 Å². The predicted octanol–water partition coefficient (Wildman–Crippen LogP) is 1.61. The van der Waals surface area contributed by atoms with Crippen molar-refractivity contribution in [2.75, 3.05) is 12.3 Å². The number of anilines is 1. The Morgan fingerprint density at radius 2 is 2.11 bits per heavy atom. The standard InChI is InChI=1S/C14H14N2O2/c15-11-5-6-14(17)16(8-11)7-10-9-18-13-4-2-1-3-12(10)13/h1-6,8,10H,7,9,15H2. The van der Waals surface area contributed by atoms with Gasteiger partial charge in [0, 0.05) is 36.0 Å². The molecule has 0 fully saturated rings. The third-order valence-electron chi connectivity index (χ3n) is 3.22. The Balaban J connectivity index is 1.91. The molecule has 0 spiro atoms. The van der Waals surface area contributed by atoms with Crippen molar-refractivity contribution < 1.29 is 4.74 Å². The minimum Gasteiger partial charge on any atom is -0.493 e. The average molecular weight is 242 g/mol. The first-order valence-electron chi connectivity index (χ1n) is 5.92. The largest absolute Gasteiger partial charge is 0.493 e. The van der Waals surface area contributed by atoms with Gasteiger partial charge in [0.25, 0.3) is 5.56 Å². The van der Waals surface area contributed by atoms with Gasteiger partial charge in [-0.3, -0.25) is 4.79 Å². The van der Waals surface area contributed by atoms with Crippen LogP contribution in [0.4, 0.5) is 5.69 Å². The first-order valence-corrected chi connectivity index (χ1v) is 5.92. The van der Waals surface area contributed by atoms with Gasteiger partial charge in [0.2, 0.25) is 0 Å². The number of fused-ring (bicyclic) bond motifs is 1. The Morgan fingerprint density at radius 1 is 1.28 bits per heavy atom. The molecule has 18 heavy (non-hydrogen) atoms. The van der Waals surface area contributed by atoms with Crippen molar-refractivity contribution >= 4 is 5.69 Å². The van der Waals surface area contributed by atoms with Crippen LogP contribution in [0.5, 0.6) is 5.75 Å². The zero-order valence-corrected chi connectivity index (χ0v) is 9.87. The van der Waals surface area contributed by atoms with E-state index in [4.69, 9.17) is 10.5 Å². The van der Waals surface area contributed by atoms with Gasteiger partial charge in [-0.05, 0) is 12.1 Å². The van der Waals surface area contributed by atoms with Crippen LogP contribution in [-0.4, -0.2) is 11.2 Å². The summed E-state index contributed by atoms with van der Waals surface area (Å²) in [4.78, 5) is 11.7. The molecular weight excluding hydrogens is 228 g/mol. The molecule has 92 valence electrons. The van der Waals surface area contributed by atoms with Crippen LogP contribution >= 0.6 is 0 Å². The minimum absolute atomic E-state index is 0.0337. The zero-order valence-electron chi connectivity index (χ0n) is 9.87. The number of hydrogen-bond donors (Lipinski definition) is 1. The molecule has 2 aromatic rings. The fourth-order valence-corrected chi connectivity index (χ4v) is 2.31. The molecule has 2 N–H and O–H groups in total. The zero-order chi connectivity index (χ0) is 12.5. The van der Waals surface area contributed by atoms with Crippen LogP contribution in [0, 0.1) is 0 Å². The van der Waals surface area contributed by atoms with Gasteiger partial charge in [-0.2, -0.15) is 0 Å². The number of ether oxygens (including phenoxy) is 1. The molecule has 0 bridgehead atoms. The highest BCUT2D eigenvalue weighted by Crippen LogP contribution is 2.34. The number of hydrogen-bond acceptors (Lipinski definition) is 3. The average Bonchev–Trinajstić information content (AvgIpc) is 2.78. The molecule has 4 heteroatoms. The number of pyridine rings is 1. The lowest BCUT2D eigenvalue weighted by molar-refractivity contribution is 0.318. The molecule has 0 aliphatic carbocycles. The number of benzene rings is 1. The van der Waals surface area contributed by atoms with Crippen LogP contribution in [-0.2, 0) is 6.54 Å². The molecule has 1 atom stereocenters. The summed E-state index contributed by atoms with van der Waals surface area (Å²) in [5.41, 5.74) is 7.43. The van der Waals surface area contributed by atoms with Gasteiger partial charge in [-0.15, -0.1) is 0 Å². The van der Waals surface area contributed by atoms with Gasteiger partial charge < -0.3 is 15.0 Å². The third-order valence-corrected chi connectivity index (χ3v) is 3.22. The van der Waals surface area contributed by atoms with Crippen LogP contribution < -0.4 is 16.0 Å². The number of nitrogens with zero attached hydrogens (tertiary/aromatic N) is 1. The molecule has 1 aliphatic heterocycles. The molecular formula is C14H14N2O2. The summed E-state index contributed by atoms with van der Waals surface area (Å²) in [5, 5.41) is 0. The van der Waals surface area contributed by atoms with E-state index in [-0.39, 0.29) is 11.5 Å². The summed E-state index contributed by atoms with van der Waals surface area (Å²) in [6.45, 7) is 1.21. The lowest BCUT2D eigenvalue weighted by atomic mass is 10.0. The van der Waals surface area contributed by atoms with Gasteiger partial charge in [0.15, 0.2) is 0 Å². The Kier molecular flexibility index (Phi) is 2.55. The Bertz CT molecular complexity index is 634. The topological polar surface area (TPSA) is 57.2 Å². The highest BCUT2D eigenvalue weighted by molar-refractivity contribution is 5.40. The van der Waals surface area contributed by atoms with Crippen molar-refractivity contribution in [3.05, 3.63) is 58.5 Å². The SMILES string of the molecule is Nc1ccc(=O)n(CC2COc3ccccc32)c1. The van der Waals surface area contributed by atoms with E-state index in [9.17, 15) is 4.79 Å². The highest BCUT2D eigenvalue weighted by atomic mass is 16.5. The van der Waals surface area contributed by atoms with Gasteiger partial charge >= 0.3 is 0 Å². The van der Waals surface area contributed by atoms with Crippen LogP contribution in [0.25, 0.3) is 0 Å². The van der Waals surface area contributed by atoms with Crippen molar-refractivity contribution in [1.82, 2.24) is 4.57 Å². The Morgan fingerprint density at radius 3 is 3.00 bits per heavy atom. The summed E-state index contributed by atoms with van der Waals surface area (Å²) in [6, 6.07) is 11.1. The molecule has 0 amide bonds. The molecule has 1 unspecified atom stereocenters. The van der Waals surface area contributed by atoms with Gasteiger partial charge in [0.05, 0.1) is 6.61 Å². The lowest BCUT2D eigenvalue weighted by Gasteiger charge is -2.11. The fourth-order valence-electron chi connectivity index (χ4n) is 2.31. The lowest BCUT2D eigenvalue weighted by Crippen LogP contribution is -2.23. The monoisotopic (exact) mass is 242 g/mol. The number of para-hydroxylation sites is 1. The molecule has 4 nitrogen and oxygen atoms in total. The molecule has 1 aliphatic rings. The van der Waals surface area contributed by atoms with Crippen LogP contribution in [0.3, 0.4) is 0 Å². The first kappa shape index (κ1) is 10.9. The van der Waals surface area contributed by atoms with Gasteiger partial charge in [0.1, 0.15) is 5.75 Å². The van der Waals surface area contributed by atoms with E-state index in [1.807, 2.05) is 24.3 Å². The summed E-state index contributed by atoms with van der Waals surface area (Å²) in [5.74, 6) is 1.13. The second kappa shape index (κ2) is 4.22. The molecule has 3 rings (SSSR count). The predicted molar refractivity (Wildman–Crippen MR) is 69.8 cm³/mol. The van der Waals surface area contributed by atoms with Crippen LogP contribution in [0.2, 0.25) is 0 Å². The number of nitrogen functional groups attached to an aromatic ring is 1. The van der Waals surface area contributed by atoms with E-state index in [0.29, 0.717) is 18.8 Å². The Labute approximate surface area is 105 Å². The van der Waals surface area contributed by atoms with Gasteiger partial charge in [-0.25, -0.2) is 0 Å². The van der Waals surface area contributed by atoms with Crippen molar-refractivity contribution in [2.24, 2.45) is 0 Å².